The second kappa shape index (κ2) is 11.1. The van der Waals surface area contributed by atoms with Crippen LogP contribution in [0.2, 0.25) is 0 Å². The molecular weight excluding hydrogens is 470 g/mol. The highest BCUT2D eigenvalue weighted by molar-refractivity contribution is 7.99. The maximum absolute atomic E-state index is 12.8. The van der Waals surface area contributed by atoms with Crippen molar-refractivity contribution in [3.63, 3.8) is 0 Å². The summed E-state index contributed by atoms with van der Waals surface area (Å²) in [6, 6.07) is 15.2. The largest absolute Gasteiger partial charge is 0.462 e. The van der Waals surface area contributed by atoms with Crippen LogP contribution in [0.25, 0.3) is 17.1 Å². The molecule has 0 bridgehead atoms. The van der Waals surface area contributed by atoms with Crippen molar-refractivity contribution in [1.29, 1.82) is 0 Å². The molecule has 0 radical (unpaired) electrons. The molecule has 174 valence electrons. The van der Waals surface area contributed by atoms with Gasteiger partial charge in [-0.25, -0.2) is 4.79 Å². The molecular formula is C24H23N5O3S2. The van der Waals surface area contributed by atoms with Crippen molar-refractivity contribution in [1.82, 2.24) is 19.7 Å². The molecule has 1 amide bonds. The molecule has 0 aliphatic heterocycles. The molecule has 8 nitrogen and oxygen atoms in total. The van der Waals surface area contributed by atoms with Crippen molar-refractivity contribution in [2.45, 2.75) is 25.4 Å². The van der Waals surface area contributed by atoms with E-state index >= 15 is 0 Å². The summed E-state index contributed by atoms with van der Waals surface area (Å²) in [6.45, 7) is 4.02. The first-order chi connectivity index (χ1) is 16.6. The lowest BCUT2D eigenvalue weighted by molar-refractivity contribution is -0.113. The number of pyridine rings is 1. The van der Waals surface area contributed by atoms with E-state index in [-0.39, 0.29) is 18.3 Å². The Bertz CT molecular complexity index is 1270. The zero-order chi connectivity index (χ0) is 23.9. The molecule has 0 saturated carbocycles. The number of ether oxygens (including phenoxy) is 1. The van der Waals surface area contributed by atoms with Crippen LogP contribution in [0.5, 0.6) is 0 Å². The van der Waals surface area contributed by atoms with Gasteiger partial charge in [-0.05, 0) is 43.7 Å². The van der Waals surface area contributed by atoms with Crippen LogP contribution in [0.4, 0.5) is 5.00 Å². The molecule has 0 aliphatic carbocycles. The van der Waals surface area contributed by atoms with E-state index in [2.05, 4.69) is 20.5 Å². The van der Waals surface area contributed by atoms with Crippen LogP contribution in [0.1, 0.15) is 29.1 Å². The molecule has 3 heterocycles. The number of thioether (sulfide) groups is 1. The van der Waals surface area contributed by atoms with Gasteiger partial charge in [0.25, 0.3) is 0 Å². The van der Waals surface area contributed by atoms with E-state index in [4.69, 9.17) is 4.74 Å². The number of amides is 1. The summed E-state index contributed by atoms with van der Waals surface area (Å²) in [7, 11) is 0. The number of hydrogen-bond acceptors (Lipinski definition) is 8. The average molecular weight is 494 g/mol. The molecule has 0 unspecified atom stereocenters. The summed E-state index contributed by atoms with van der Waals surface area (Å²) < 4.78 is 7.03. The van der Waals surface area contributed by atoms with Crippen LogP contribution in [-0.4, -0.2) is 44.0 Å². The third-order valence-corrected chi connectivity index (χ3v) is 6.90. The summed E-state index contributed by atoms with van der Waals surface area (Å²) in [5.74, 6) is 0.0502. The second-order valence-electron chi connectivity index (χ2n) is 7.09. The van der Waals surface area contributed by atoms with Gasteiger partial charge in [0.2, 0.25) is 5.91 Å². The highest BCUT2D eigenvalue weighted by Crippen LogP contribution is 2.31. The van der Waals surface area contributed by atoms with Crippen molar-refractivity contribution in [3.05, 3.63) is 71.4 Å². The van der Waals surface area contributed by atoms with Gasteiger partial charge in [0.1, 0.15) is 5.00 Å². The number of hydrogen-bond donors (Lipinski definition) is 1. The van der Waals surface area contributed by atoms with E-state index in [0.29, 0.717) is 21.5 Å². The highest BCUT2D eigenvalue weighted by atomic mass is 32.2. The van der Waals surface area contributed by atoms with Gasteiger partial charge in [0.05, 0.1) is 17.9 Å². The molecule has 1 N–H and O–H groups in total. The van der Waals surface area contributed by atoms with E-state index in [0.717, 1.165) is 22.5 Å². The Hall–Kier alpha value is -3.50. The lowest BCUT2D eigenvalue weighted by Gasteiger charge is -2.10. The molecule has 3 aromatic heterocycles. The Kier molecular flexibility index (Phi) is 7.71. The number of esters is 1. The Balaban J connectivity index is 1.55. The standard InChI is InChI=1S/C24H23N5O3S2/c1-3-18-13-19(23(31)32-4-2)22(34-18)26-20(30)15-33-24-28-27-21(16-9-8-12-25-14-16)29(24)17-10-6-5-7-11-17/h5-14H,3-4,15H2,1-2H3,(H,26,30). The molecule has 10 heteroatoms. The smallest absolute Gasteiger partial charge is 0.341 e. The lowest BCUT2D eigenvalue weighted by atomic mass is 10.2. The van der Waals surface area contributed by atoms with Crippen LogP contribution in [-0.2, 0) is 16.0 Å². The quantitative estimate of drug-likeness (QED) is 0.263. The van der Waals surface area contributed by atoms with Crippen molar-refractivity contribution in [3.8, 4) is 17.1 Å². The fourth-order valence-corrected chi connectivity index (χ4v) is 4.97. The summed E-state index contributed by atoms with van der Waals surface area (Å²) in [5, 5.41) is 12.6. The van der Waals surface area contributed by atoms with E-state index in [1.165, 1.54) is 23.1 Å². The molecule has 4 aromatic rings. The fourth-order valence-electron chi connectivity index (χ4n) is 3.22. The zero-order valence-electron chi connectivity index (χ0n) is 18.7. The third kappa shape index (κ3) is 5.35. The number of aryl methyl sites for hydroxylation is 1. The number of nitrogens with one attached hydrogen (secondary N) is 1. The minimum atomic E-state index is -0.439. The minimum absolute atomic E-state index is 0.0969. The van der Waals surface area contributed by atoms with Gasteiger partial charge >= 0.3 is 5.97 Å². The minimum Gasteiger partial charge on any atom is -0.462 e. The maximum Gasteiger partial charge on any atom is 0.341 e. The summed E-state index contributed by atoms with van der Waals surface area (Å²) in [5.41, 5.74) is 2.08. The molecule has 0 saturated heterocycles. The van der Waals surface area contributed by atoms with Gasteiger partial charge in [-0.3, -0.25) is 14.3 Å². The third-order valence-electron chi connectivity index (χ3n) is 4.78. The van der Waals surface area contributed by atoms with Crippen LogP contribution < -0.4 is 5.32 Å². The SMILES string of the molecule is CCOC(=O)c1cc(CC)sc1NC(=O)CSc1nnc(-c2cccnc2)n1-c1ccccc1. The maximum atomic E-state index is 12.8. The van der Waals surface area contributed by atoms with E-state index in [9.17, 15) is 9.59 Å². The molecule has 0 aliphatic rings. The number of carbonyl (C=O) groups is 2. The predicted octanol–water partition coefficient (Wildman–Crippen LogP) is 4.86. The van der Waals surface area contributed by atoms with Crippen LogP contribution in [0.15, 0.2) is 66.1 Å². The second-order valence-corrected chi connectivity index (χ2v) is 9.16. The Morgan fingerprint density at radius 1 is 1.12 bits per heavy atom. The number of thiophene rings is 1. The topological polar surface area (TPSA) is 99.0 Å². The van der Waals surface area contributed by atoms with Crippen molar-refractivity contribution >= 4 is 40.0 Å². The summed E-state index contributed by atoms with van der Waals surface area (Å²) in [6.07, 6.45) is 4.19. The number of benzene rings is 1. The molecule has 4 rings (SSSR count). The monoisotopic (exact) mass is 493 g/mol. The van der Waals surface area contributed by atoms with Crippen LogP contribution in [0, 0.1) is 0 Å². The van der Waals surface area contributed by atoms with E-state index in [1.807, 2.05) is 54.0 Å². The molecule has 0 fully saturated rings. The van der Waals surface area contributed by atoms with Crippen LogP contribution >= 0.6 is 23.1 Å². The van der Waals surface area contributed by atoms with Gasteiger partial charge < -0.3 is 10.1 Å². The predicted molar refractivity (Wildman–Crippen MR) is 134 cm³/mol. The van der Waals surface area contributed by atoms with Gasteiger partial charge in [0.15, 0.2) is 11.0 Å². The van der Waals surface area contributed by atoms with Crippen molar-refractivity contribution < 1.29 is 14.3 Å². The van der Waals surface area contributed by atoms with Crippen molar-refractivity contribution in [2.75, 3.05) is 17.7 Å². The van der Waals surface area contributed by atoms with Gasteiger partial charge in [-0.1, -0.05) is 36.9 Å². The molecule has 0 atom stereocenters. The number of nitrogens with zero attached hydrogens (tertiary/aromatic N) is 4. The average Bonchev–Trinajstić information content (AvgIpc) is 3.48. The Morgan fingerprint density at radius 2 is 1.94 bits per heavy atom. The first kappa shape index (κ1) is 23.7. The fraction of sp³-hybridized carbons (Fsp3) is 0.208. The van der Waals surface area contributed by atoms with Gasteiger partial charge in [-0.15, -0.1) is 21.5 Å². The van der Waals surface area contributed by atoms with E-state index in [1.54, 1.807) is 25.4 Å². The first-order valence-electron chi connectivity index (χ1n) is 10.7. The molecule has 34 heavy (non-hydrogen) atoms. The number of carbonyl (C=O) groups excluding carboxylic acids is 2. The zero-order valence-corrected chi connectivity index (χ0v) is 20.4. The molecule has 1 aromatic carbocycles. The molecule has 0 spiro atoms. The number of anilines is 1. The van der Waals surface area contributed by atoms with E-state index < -0.39 is 5.97 Å². The Morgan fingerprint density at radius 3 is 2.65 bits per heavy atom. The van der Waals surface area contributed by atoms with Gasteiger partial charge in [-0.2, -0.15) is 0 Å². The highest BCUT2D eigenvalue weighted by Gasteiger charge is 2.20. The summed E-state index contributed by atoms with van der Waals surface area (Å²) >= 11 is 2.65. The van der Waals surface area contributed by atoms with Gasteiger partial charge in [0, 0.05) is 28.5 Å². The summed E-state index contributed by atoms with van der Waals surface area (Å²) in [4.78, 5) is 30.3. The Labute approximate surface area is 205 Å². The number of aromatic nitrogens is 4. The number of para-hydroxylation sites is 1. The normalized spacial score (nSPS) is 10.8. The lowest BCUT2D eigenvalue weighted by Crippen LogP contribution is -2.16. The number of rotatable bonds is 9. The van der Waals surface area contributed by atoms with Crippen LogP contribution in [0.3, 0.4) is 0 Å². The first-order valence-corrected chi connectivity index (χ1v) is 12.5. The van der Waals surface area contributed by atoms with Crippen molar-refractivity contribution in [2.24, 2.45) is 0 Å².